The maximum absolute atomic E-state index is 12.9. The molecule has 1 aliphatic carbocycles. The van der Waals surface area contributed by atoms with E-state index in [1.54, 1.807) is 49.4 Å². The smallest absolute Gasteiger partial charge is 0.268 e. The van der Waals surface area contributed by atoms with E-state index in [1.807, 2.05) is 0 Å². The predicted octanol–water partition coefficient (Wildman–Crippen LogP) is 5.97. The number of carbonyl (C=O) groups excluding carboxylic acids is 1. The Hall–Kier alpha value is -2.03. The third-order valence-electron chi connectivity index (χ3n) is 5.14. The lowest BCUT2D eigenvalue weighted by Gasteiger charge is -2.25. The average Bonchev–Trinajstić information content (AvgIpc) is 3.00. The summed E-state index contributed by atoms with van der Waals surface area (Å²) in [4.78, 5) is 14.1. The van der Waals surface area contributed by atoms with Crippen molar-refractivity contribution in [3.8, 4) is 11.8 Å². The van der Waals surface area contributed by atoms with Crippen molar-refractivity contribution in [2.45, 2.75) is 58.5 Å². The molecule has 3 rings (SSSR count). The fourth-order valence-corrected chi connectivity index (χ4v) is 5.05. The Balaban J connectivity index is 1.76. The zero-order chi connectivity index (χ0) is 20.3. The standard InChI is InChI=1S/C22H25ClN2O2S/c1-4-5-14-6-11-17-18(13-24)20(28-19(17)12-14)25-21(26)22(2,3)27-16-9-7-15(23)8-10-16/h7-10,14H,4-6,11-12H2,1-3H3,(H,25,26)/t14-/m1/s1. The van der Waals surface area contributed by atoms with Crippen molar-refractivity contribution in [2.75, 3.05) is 5.32 Å². The third kappa shape index (κ3) is 4.51. The molecule has 1 N–H and O–H groups in total. The molecule has 4 nitrogen and oxygen atoms in total. The van der Waals surface area contributed by atoms with Gasteiger partial charge in [-0.15, -0.1) is 11.3 Å². The Morgan fingerprint density at radius 3 is 2.75 bits per heavy atom. The highest BCUT2D eigenvalue weighted by molar-refractivity contribution is 7.16. The summed E-state index contributed by atoms with van der Waals surface area (Å²) in [6.07, 6.45) is 5.42. The molecule has 1 aliphatic rings. The molecule has 0 unspecified atom stereocenters. The number of thiophene rings is 1. The topological polar surface area (TPSA) is 62.1 Å². The van der Waals surface area contributed by atoms with Gasteiger partial charge in [0.05, 0.1) is 5.56 Å². The number of anilines is 1. The van der Waals surface area contributed by atoms with E-state index >= 15 is 0 Å². The summed E-state index contributed by atoms with van der Waals surface area (Å²) in [5.41, 5.74) is 0.646. The molecule has 0 spiro atoms. The second kappa shape index (κ2) is 8.55. The van der Waals surface area contributed by atoms with Gasteiger partial charge in [0.25, 0.3) is 5.91 Å². The highest BCUT2D eigenvalue weighted by Gasteiger charge is 2.33. The molecule has 0 radical (unpaired) electrons. The zero-order valence-electron chi connectivity index (χ0n) is 16.5. The van der Waals surface area contributed by atoms with E-state index in [9.17, 15) is 10.1 Å². The van der Waals surface area contributed by atoms with Crippen LogP contribution in [0.1, 0.15) is 56.0 Å². The Morgan fingerprint density at radius 2 is 2.11 bits per heavy atom. The number of benzene rings is 1. The Bertz CT molecular complexity index is 896. The van der Waals surface area contributed by atoms with Crippen LogP contribution in [-0.4, -0.2) is 11.5 Å². The van der Waals surface area contributed by atoms with Gasteiger partial charge >= 0.3 is 0 Å². The van der Waals surface area contributed by atoms with Crippen LogP contribution >= 0.6 is 22.9 Å². The second-order valence-electron chi connectivity index (χ2n) is 7.74. The number of nitrogens with zero attached hydrogens (tertiary/aromatic N) is 1. The van der Waals surface area contributed by atoms with Crippen molar-refractivity contribution < 1.29 is 9.53 Å². The molecule has 28 heavy (non-hydrogen) atoms. The summed E-state index contributed by atoms with van der Waals surface area (Å²) in [6, 6.07) is 9.21. The van der Waals surface area contributed by atoms with Gasteiger partial charge in [-0.25, -0.2) is 0 Å². The first-order chi connectivity index (χ1) is 13.3. The van der Waals surface area contributed by atoms with Crippen LogP contribution in [0.25, 0.3) is 0 Å². The maximum Gasteiger partial charge on any atom is 0.268 e. The molecule has 0 bridgehead atoms. The highest BCUT2D eigenvalue weighted by atomic mass is 35.5. The Kier molecular flexibility index (Phi) is 6.32. The largest absolute Gasteiger partial charge is 0.478 e. The van der Waals surface area contributed by atoms with Crippen molar-refractivity contribution in [3.63, 3.8) is 0 Å². The van der Waals surface area contributed by atoms with E-state index < -0.39 is 5.60 Å². The number of carbonyl (C=O) groups is 1. The minimum absolute atomic E-state index is 0.275. The van der Waals surface area contributed by atoms with Crippen LogP contribution in [0.15, 0.2) is 24.3 Å². The normalized spacial score (nSPS) is 16.2. The molecular formula is C22H25ClN2O2S. The number of nitriles is 1. The van der Waals surface area contributed by atoms with Crippen LogP contribution in [0.4, 0.5) is 5.00 Å². The van der Waals surface area contributed by atoms with Gasteiger partial charge in [0.15, 0.2) is 5.60 Å². The Morgan fingerprint density at radius 1 is 1.39 bits per heavy atom. The van der Waals surface area contributed by atoms with Gasteiger partial charge < -0.3 is 10.1 Å². The number of fused-ring (bicyclic) bond motifs is 1. The van der Waals surface area contributed by atoms with Gasteiger partial charge in [0.2, 0.25) is 0 Å². The van der Waals surface area contributed by atoms with Crippen molar-refractivity contribution in [1.82, 2.24) is 0 Å². The van der Waals surface area contributed by atoms with E-state index in [4.69, 9.17) is 16.3 Å². The van der Waals surface area contributed by atoms with E-state index in [2.05, 4.69) is 18.3 Å². The van der Waals surface area contributed by atoms with Gasteiger partial charge in [-0.2, -0.15) is 5.26 Å². The van der Waals surface area contributed by atoms with E-state index in [1.165, 1.54) is 17.7 Å². The van der Waals surface area contributed by atoms with E-state index in [0.717, 1.165) is 24.8 Å². The van der Waals surface area contributed by atoms with Crippen molar-refractivity contribution >= 4 is 33.8 Å². The van der Waals surface area contributed by atoms with Gasteiger partial charge in [-0.05, 0) is 68.9 Å². The van der Waals surface area contributed by atoms with Gasteiger partial charge in [0.1, 0.15) is 16.8 Å². The molecule has 2 aromatic rings. The van der Waals surface area contributed by atoms with Crippen LogP contribution in [0.2, 0.25) is 5.02 Å². The lowest BCUT2D eigenvalue weighted by Crippen LogP contribution is -2.42. The quantitative estimate of drug-likeness (QED) is 0.630. The maximum atomic E-state index is 12.9. The molecule has 148 valence electrons. The number of nitrogens with one attached hydrogen (secondary N) is 1. The summed E-state index contributed by atoms with van der Waals surface area (Å²) in [7, 11) is 0. The van der Waals surface area contributed by atoms with E-state index in [-0.39, 0.29) is 5.91 Å². The SMILES string of the molecule is CCC[C@@H]1CCc2c(sc(NC(=O)C(C)(C)Oc3ccc(Cl)cc3)c2C#N)C1. The monoisotopic (exact) mass is 416 g/mol. The zero-order valence-corrected chi connectivity index (χ0v) is 18.0. The molecule has 1 aromatic heterocycles. The third-order valence-corrected chi connectivity index (χ3v) is 6.56. The molecule has 1 amide bonds. The fourth-order valence-electron chi connectivity index (χ4n) is 3.61. The van der Waals surface area contributed by atoms with Crippen LogP contribution in [0, 0.1) is 17.2 Å². The van der Waals surface area contributed by atoms with Crippen LogP contribution in [-0.2, 0) is 17.6 Å². The minimum atomic E-state index is -1.09. The Labute approximate surface area is 175 Å². The summed E-state index contributed by atoms with van der Waals surface area (Å²) in [6.45, 7) is 5.64. The van der Waals surface area contributed by atoms with Gasteiger partial charge in [-0.3, -0.25) is 4.79 Å². The van der Waals surface area contributed by atoms with Crippen LogP contribution in [0.3, 0.4) is 0 Å². The molecule has 0 saturated carbocycles. The molecule has 6 heteroatoms. The van der Waals surface area contributed by atoms with Gasteiger partial charge in [-0.1, -0.05) is 31.4 Å². The summed E-state index contributed by atoms with van der Waals surface area (Å²) < 4.78 is 5.87. The van der Waals surface area contributed by atoms with Crippen molar-refractivity contribution in [2.24, 2.45) is 5.92 Å². The molecule has 1 atom stereocenters. The number of rotatable bonds is 6. The number of amides is 1. The number of ether oxygens (including phenoxy) is 1. The van der Waals surface area contributed by atoms with Crippen LogP contribution < -0.4 is 10.1 Å². The van der Waals surface area contributed by atoms with Crippen molar-refractivity contribution in [1.29, 1.82) is 5.26 Å². The first kappa shape index (κ1) is 20.7. The minimum Gasteiger partial charge on any atom is -0.478 e. The van der Waals surface area contributed by atoms with Crippen LogP contribution in [0.5, 0.6) is 5.75 Å². The molecule has 0 saturated heterocycles. The predicted molar refractivity (Wildman–Crippen MR) is 114 cm³/mol. The number of hydrogen-bond donors (Lipinski definition) is 1. The molecule has 1 heterocycles. The summed E-state index contributed by atoms with van der Waals surface area (Å²) in [5, 5.41) is 13.9. The molecule has 1 aromatic carbocycles. The first-order valence-electron chi connectivity index (χ1n) is 9.64. The molecule has 0 fully saturated rings. The second-order valence-corrected chi connectivity index (χ2v) is 9.28. The summed E-state index contributed by atoms with van der Waals surface area (Å²) in [5.74, 6) is 0.969. The van der Waals surface area contributed by atoms with E-state index in [0.29, 0.717) is 27.3 Å². The first-order valence-corrected chi connectivity index (χ1v) is 10.8. The summed E-state index contributed by atoms with van der Waals surface area (Å²) >= 11 is 7.44. The highest BCUT2D eigenvalue weighted by Crippen LogP contribution is 2.40. The molecular weight excluding hydrogens is 392 g/mol. The number of halogens is 1. The van der Waals surface area contributed by atoms with Crippen molar-refractivity contribution in [3.05, 3.63) is 45.3 Å². The number of hydrogen-bond acceptors (Lipinski definition) is 4. The van der Waals surface area contributed by atoms with Gasteiger partial charge in [0, 0.05) is 9.90 Å². The lowest BCUT2D eigenvalue weighted by molar-refractivity contribution is -0.128. The average molecular weight is 417 g/mol. The molecule has 0 aliphatic heterocycles. The fraction of sp³-hybridized carbons (Fsp3) is 0.455. The lowest BCUT2D eigenvalue weighted by atomic mass is 9.85.